The fourth-order valence-corrected chi connectivity index (χ4v) is 9.96. The lowest BCUT2D eigenvalue weighted by Gasteiger charge is -2.30. The Labute approximate surface area is 394 Å². The highest BCUT2D eigenvalue weighted by atomic mass is 16.3. The molecular weight excluding hydrogens is 813 g/mol. The van der Waals surface area contributed by atoms with E-state index in [0.29, 0.717) is 11.8 Å². The van der Waals surface area contributed by atoms with Crippen LogP contribution < -0.4 is 9.80 Å². The quantitative estimate of drug-likeness (QED) is 0.137. The first kappa shape index (κ1) is 41.8. The van der Waals surface area contributed by atoms with Gasteiger partial charge >= 0.3 is 0 Å². The number of rotatable bonds is 10. The van der Waals surface area contributed by atoms with E-state index in [-0.39, 0.29) is 0 Å². The number of nitrogens with zero attached hydrogens (tertiary/aromatic N) is 2. The first-order valence-corrected chi connectivity index (χ1v) is 23.6. The third-order valence-corrected chi connectivity index (χ3v) is 13.6. The van der Waals surface area contributed by atoms with Crippen molar-refractivity contribution in [3.63, 3.8) is 0 Å². The fourth-order valence-electron chi connectivity index (χ4n) is 9.96. The second kappa shape index (κ2) is 17.2. The zero-order chi connectivity index (χ0) is 45.8. The summed E-state index contributed by atoms with van der Waals surface area (Å²) >= 11 is 0. The molecule has 0 aliphatic carbocycles. The molecule has 0 amide bonds. The number of para-hydroxylation sites is 2. The molecule has 3 nitrogen and oxygen atoms in total. The van der Waals surface area contributed by atoms with E-state index in [1.165, 1.54) is 66.7 Å². The Hall–Kier alpha value is -7.88. The molecule has 3 heteroatoms. The summed E-state index contributed by atoms with van der Waals surface area (Å²) in [4.78, 5) is 4.85. The Morgan fingerprint density at radius 3 is 1.12 bits per heavy atom. The Bertz CT molecular complexity index is 3350. The Morgan fingerprint density at radius 2 is 0.731 bits per heavy atom. The Kier molecular flexibility index (Phi) is 10.7. The molecule has 0 aliphatic heterocycles. The van der Waals surface area contributed by atoms with E-state index in [2.05, 4.69) is 258 Å². The van der Waals surface area contributed by atoms with Gasteiger partial charge in [0.25, 0.3) is 0 Å². The minimum absolute atomic E-state index is 0.446. The van der Waals surface area contributed by atoms with Crippen molar-refractivity contribution in [3.05, 3.63) is 229 Å². The molecule has 0 aliphatic rings. The summed E-state index contributed by atoms with van der Waals surface area (Å²) in [6, 6.07) is 75.6. The number of anilines is 6. The molecule has 0 unspecified atom stereocenters. The molecule has 11 rings (SSSR count). The second-order valence-corrected chi connectivity index (χ2v) is 18.7. The van der Waals surface area contributed by atoms with Crippen molar-refractivity contribution in [2.75, 3.05) is 9.80 Å². The van der Waals surface area contributed by atoms with Crippen LogP contribution in [0.2, 0.25) is 0 Å². The topological polar surface area (TPSA) is 19.6 Å². The van der Waals surface area contributed by atoms with Gasteiger partial charge in [0.05, 0.1) is 11.4 Å². The van der Waals surface area contributed by atoms with Crippen LogP contribution in [0.5, 0.6) is 0 Å². The summed E-state index contributed by atoms with van der Waals surface area (Å²) in [5, 5.41) is 6.83. The molecule has 67 heavy (non-hydrogen) atoms. The van der Waals surface area contributed by atoms with Crippen molar-refractivity contribution < 1.29 is 4.42 Å². The first-order chi connectivity index (χ1) is 32.7. The Morgan fingerprint density at radius 1 is 0.343 bits per heavy atom. The van der Waals surface area contributed by atoms with Gasteiger partial charge in [0.1, 0.15) is 11.2 Å². The smallest absolute Gasteiger partial charge is 0.136 e. The molecule has 0 fully saturated rings. The maximum absolute atomic E-state index is 6.84. The monoisotopic (exact) mass is 866 g/mol. The highest BCUT2D eigenvalue weighted by Crippen LogP contribution is 2.47. The molecule has 0 saturated heterocycles. The molecule has 1 aromatic heterocycles. The largest absolute Gasteiger partial charge is 0.456 e. The molecule has 0 bridgehead atoms. The standard InChI is InChI=1S/C64H54N2O/c1-41(2)45-23-29-53(30-24-45)65(63-43(5)15-13-21-57(63)47-17-9-7-10-18-47)55-33-27-49-37-59-60-38-50-28-34-56(36-52(50)40-62(60)67-61(59)39-51(49)35-55)66(54-31-25-46(26-32-54)42(3)4)64-44(6)16-14-22-58(64)48-19-11-8-12-20-48/h7-42H,1-6H3. The van der Waals surface area contributed by atoms with Gasteiger partial charge in [-0.15, -0.1) is 0 Å². The van der Waals surface area contributed by atoms with Crippen LogP contribution in [0.1, 0.15) is 61.8 Å². The highest BCUT2D eigenvalue weighted by Gasteiger charge is 2.23. The summed E-state index contributed by atoms with van der Waals surface area (Å²) in [6.45, 7) is 13.4. The van der Waals surface area contributed by atoms with Crippen molar-refractivity contribution in [2.45, 2.75) is 53.4 Å². The number of hydrogen-bond acceptors (Lipinski definition) is 3. The third kappa shape index (κ3) is 7.71. The van der Waals surface area contributed by atoms with E-state index in [1.54, 1.807) is 0 Å². The van der Waals surface area contributed by atoms with Crippen LogP contribution in [0.15, 0.2) is 211 Å². The van der Waals surface area contributed by atoms with E-state index in [0.717, 1.165) is 55.5 Å². The SMILES string of the molecule is Cc1cccc(-c2ccccc2)c1N(c1ccc(C(C)C)cc1)c1ccc2cc3c(cc2c1)oc1cc2cc(N(c4ccc(C(C)C)cc4)c4c(C)cccc4-c4ccccc4)ccc2cc13. The molecule has 326 valence electrons. The highest BCUT2D eigenvalue weighted by molar-refractivity contribution is 6.14. The lowest BCUT2D eigenvalue weighted by Crippen LogP contribution is -2.13. The van der Waals surface area contributed by atoms with Gasteiger partial charge in [0.15, 0.2) is 0 Å². The van der Waals surface area contributed by atoms with E-state index in [1.807, 2.05) is 0 Å². The summed E-state index contributed by atoms with van der Waals surface area (Å²) in [7, 11) is 0. The van der Waals surface area contributed by atoms with Crippen LogP contribution in [0.3, 0.4) is 0 Å². The summed E-state index contributed by atoms with van der Waals surface area (Å²) in [6.07, 6.45) is 0. The normalized spacial score (nSPS) is 11.7. The number of fused-ring (bicyclic) bond motifs is 5. The van der Waals surface area contributed by atoms with Gasteiger partial charge in [-0.1, -0.05) is 161 Å². The van der Waals surface area contributed by atoms with E-state index in [9.17, 15) is 0 Å². The lowest BCUT2D eigenvalue weighted by molar-refractivity contribution is 0.670. The molecule has 0 atom stereocenters. The van der Waals surface area contributed by atoms with Crippen molar-refractivity contribution in [1.29, 1.82) is 0 Å². The predicted molar refractivity (Wildman–Crippen MR) is 287 cm³/mol. The van der Waals surface area contributed by atoms with Gasteiger partial charge in [0, 0.05) is 44.6 Å². The van der Waals surface area contributed by atoms with Crippen molar-refractivity contribution in [2.24, 2.45) is 0 Å². The van der Waals surface area contributed by atoms with Crippen LogP contribution in [0, 0.1) is 13.8 Å². The molecule has 1 heterocycles. The molecule has 10 aromatic carbocycles. The van der Waals surface area contributed by atoms with Crippen LogP contribution in [-0.2, 0) is 0 Å². The first-order valence-electron chi connectivity index (χ1n) is 23.6. The second-order valence-electron chi connectivity index (χ2n) is 18.7. The van der Waals surface area contributed by atoms with Gasteiger partial charge in [0.2, 0.25) is 0 Å². The zero-order valence-corrected chi connectivity index (χ0v) is 39.1. The van der Waals surface area contributed by atoms with Gasteiger partial charge < -0.3 is 14.2 Å². The van der Waals surface area contributed by atoms with Gasteiger partial charge in [-0.2, -0.15) is 0 Å². The van der Waals surface area contributed by atoms with Crippen LogP contribution in [0.4, 0.5) is 34.1 Å². The number of furan rings is 1. The minimum atomic E-state index is 0.446. The maximum Gasteiger partial charge on any atom is 0.136 e. The maximum atomic E-state index is 6.84. The molecule has 0 saturated carbocycles. The van der Waals surface area contributed by atoms with Crippen LogP contribution in [0.25, 0.3) is 65.7 Å². The average Bonchev–Trinajstić information content (AvgIpc) is 3.70. The van der Waals surface area contributed by atoms with Crippen LogP contribution >= 0.6 is 0 Å². The molecule has 11 aromatic rings. The molecule has 0 spiro atoms. The molecule has 0 N–H and O–H groups in total. The average molecular weight is 867 g/mol. The Balaban J connectivity index is 1.04. The van der Waals surface area contributed by atoms with Gasteiger partial charge in [-0.3, -0.25) is 0 Å². The van der Waals surface area contributed by atoms with Gasteiger partial charge in [-0.25, -0.2) is 0 Å². The van der Waals surface area contributed by atoms with E-state index < -0.39 is 0 Å². The number of benzene rings is 10. The summed E-state index contributed by atoms with van der Waals surface area (Å²) < 4.78 is 6.84. The fraction of sp³-hybridized carbons (Fsp3) is 0.125. The van der Waals surface area contributed by atoms with Crippen molar-refractivity contribution >= 4 is 77.6 Å². The van der Waals surface area contributed by atoms with E-state index in [4.69, 9.17) is 4.42 Å². The summed E-state index contributed by atoms with van der Waals surface area (Å²) in [5.41, 5.74) is 18.4. The molecular formula is C64H54N2O. The zero-order valence-electron chi connectivity index (χ0n) is 39.1. The number of aryl methyl sites for hydroxylation is 2. The van der Waals surface area contributed by atoms with Crippen LogP contribution in [-0.4, -0.2) is 0 Å². The third-order valence-electron chi connectivity index (χ3n) is 13.6. The molecule has 0 radical (unpaired) electrons. The lowest BCUT2D eigenvalue weighted by atomic mass is 9.97. The predicted octanol–water partition coefficient (Wildman–Crippen LogP) is 19.0. The van der Waals surface area contributed by atoms with Gasteiger partial charge in [-0.05, 0) is 153 Å². The van der Waals surface area contributed by atoms with Crippen molar-refractivity contribution in [3.8, 4) is 22.3 Å². The van der Waals surface area contributed by atoms with Crippen molar-refractivity contribution in [1.82, 2.24) is 0 Å². The summed E-state index contributed by atoms with van der Waals surface area (Å²) in [5.74, 6) is 0.891. The minimum Gasteiger partial charge on any atom is -0.456 e. The van der Waals surface area contributed by atoms with E-state index >= 15 is 0 Å². The number of hydrogen-bond donors (Lipinski definition) is 0.